The van der Waals surface area contributed by atoms with Gasteiger partial charge >= 0.3 is 11.9 Å². The smallest absolute Gasteiger partial charge is 0.309 e. The molecule has 1 heterocycles. The Balaban J connectivity index is 2.60. The number of carbonyl (C=O) groups is 2. The molecule has 1 rings (SSSR count). The summed E-state index contributed by atoms with van der Waals surface area (Å²) in [4.78, 5) is 25.3. The van der Waals surface area contributed by atoms with Gasteiger partial charge in [-0.15, -0.1) is 0 Å². The van der Waals surface area contributed by atoms with E-state index in [9.17, 15) is 9.59 Å². The lowest BCUT2D eigenvalue weighted by molar-refractivity contribution is -0.149. The van der Waals surface area contributed by atoms with Crippen LogP contribution >= 0.6 is 0 Å². The molecule has 0 saturated carbocycles. The zero-order chi connectivity index (χ0) is 13.7. The van der Waals surface area contributed by atoms with E-state index >= 15 is 0 Å². The van der Waals surface area contributed by atoms with Gasteiger partial charge in [0.25, 0.3) is 0 Å². The summed E-state index contributed by atoms with van der Waals surface area (Å²) in [5.41, 5.74) is 0. The van der Waals surface area contributed by atoms with E-state index in [2.05, 4.69) is 4.90 Å². The number of likely N-dealkylation sites (tertiary alicyclic amines) is 1. The molecular formula is C13H23NO4. The van der Waals surface area contributed by atoms with Crippen molar-refractivity contribution in [3.05, 3.63) is 0 Å². The third kappa shape index (κ3) is 3.45. The Morgan fingerprint density at radius 2 is 1.89 bits per heavy atom. The summed E-state index contributed by atoms with van der Waals surface area (Å²) in [7, 11) is 2.82. The third-order valence-electron chi connectivity index (χ3n) is 3.86. The van der Waals surface area contributed by atoms with Gasteiger partial charge in [-0.05, 0) is 26.3 Å². The predicted octanol–water partition coefficient (Wildman–Crippen LogP) is 1.07. The molecular weight excluding hydrogens is 234 g/mol. The first-order valence-corrected chi connectivity index (χ1v) is 6.41. The zero-order valence-corrected chi connectivity index (χ0v) is 11.6. The number of esters is 2. The van der Waals surface area contributed by atoms with Gasteiger partial charge in [0.15, 0.2) is 0 Å². The lowest BCUT2D eigenvalue weighted by Crippen LogP contribution is -2.47. The van der Waals surface area contributed by atoms with Crippen LogP contribution in [-0.2, 0) is 19.1 Å². The Morgan fingerprint density at radius 3 is 2.44 bits per heavy atom. The lowest BCUT2D eigenvalue weighted by Gasteiger charge is -2.37. The first-order chi connectivity index (χ1) is 8.51. The average molecular weight is 257 g/mol. The van der Waals surface area contributed by atoms with E-state index in [-0.39, 0.29) is 29.8 Å². The van der Waals surface area contributed by atoms with Crippen LogP contribution in [0.5, 0.6) is 0 Å². The summed E-state index contributed by atoms with van der Waals surface area (Å²) < 4.78 is 9.55. The lowest BCUT2D eigenvalue weighted by atomic mass is 9.94. The predicted molar refractivity (Wildman–Crippen MR) is 67.0 cm³/mol. The van der Waals surface area contributed by atoms with Crippen LogP contribution in [0.3, 0.4) is 0 Å². The van der Waals surface area contributed by atoms with E-state index in [0.29, 0.717) is 6.54 Å². The molecule has 18 heavy (non-hydrogen) atoms. The van der Waals surface area contributed by atoms with Crippen LogP contribution in [0, 0.1) is 11.8 Å². The fraction of sp³-hybridized carbons (Fsp3) is 0.846. The van der Waals surface area contributed by atoms with Crippen LogP contribution < -0.4 is 0 Å². The molecule has 0 spiro atoms. The molecule has 0 amide bonds. The molecule has 0 N–H and O–H groups in total. The summed E-state index contributed by atoms with van der Waals surface area (Å²) >= 11 is 0. The SMILES string of the molecule is COC(=O)C1CCCN(C(C)C(C)C(=O)OC)C1. The number of rotatable bonds is 4. The number of ether oxygens (including phenoxy) is 2. The third-order valence-corrected chi connectivity index (χ3v) is 3.86. The molecule has 1 aliphatic rings. The van der Waals surface area contributed by atoms with Crippen LogP contribution in [-0.4, -0.2) is 50.2 Å². The first kappa shape index (κ1) is 15.0. The van der Waals surface area contributed by atoms with Crippen molar-refractivity contribution in [3.8, 4) is 0 Å². The summed E-state index contributed by atoms with van der Waals surface area (Å²) in [5, 5.41) is 0. The minimum absolute atomic E-state index is 0.0731. The summed E-state index contributed by atoms with van der Waals surface area (Å²) in [6.07, 6.45) is 1.82. The van der Waals surface area contributed by atoms with Gasteiger partial charge in [0.2, 0.25) is 0 Å². The van der Waals surface area contributed by atoms with Gasteiger partial charge < -0.3 is 9.47 Å². The molecule has 0 aromatic rings. The van der Waals surface area contributed by atoms with Crippen molar-refractivity contribution in [2.75, 3.05) is 27.3 Å². The summed E-state index contributed by atoms with van der Waals surface area (Å²) in [6, 6.07) is 0.0740. The second kappa shape index (κ2) is 6.73. The van der Waals surface area contributed by atoms with Crippen molar-refractivity contribution in [3.63, 3.8) is 0 Å². The number of nitrogens with zero attached hydrogens (tertiary/aromatic N) is 1. The van der Waals surface area contributed by atoms with Crippen molar-refractivity contribution >= 4 is 11.9 Å². The highest BCUT2D eigenvalue weighted by Gasteiger charge is 2.32. The van der Waals surface area contributed by atoms with Crippen molar-refractivity contribution in [1.82, 2.24) is 4.90 Å². The average Bonchev–Trinajstić information content (AvgIpc) is 2.43. The highest BCUT2D eigenvalue weighted by molar-refractivity contribution is 5.73. The molecule has 3 unspecified atom stereocenters. The molecule has 5 nitrogen and oxygen atoms in total. The maximum absolute atomic E-state index is 11.6. The summed E-state index contributed by atoms with van der Waals surface area (Å²) in [5.74, 6) is -0.622. The Morgan fingerprint density at radius 1 is 1.22 bits per heavy atom. The number of carbonyl (C=O) groups excluding carboxylic acids is 2. The van der Waals surface area contributed by atoms with Crippen LogP contribution in [0.4, 0.5) is 0 Å². The molecule has 0 bridgehead atoms. The van der Waals surface area contributed by atoms with Gasteiger partial charge in [-0.2, -0.15) is 0 Å². The van der Waals surface area contributed by atoms with Crippen molar-refractivity contribution in [2.45, 2.75) is 32.7 Å². The van der Waals surface area contributed by atoms with Gasteiger partial charge in [-0.25, -0.2) is 0 Å². The fourth-order valence-corrected chi connectivity index (χ4v) is 2.43. The van der Waals surface area contributed by atoms with Crippen LogP contribution in [0.25, 0.3) is 0 Å². The molecule has 1 aliphatic heterocycles. The normalized spacial score (nSPS) is 24.1. The molecule has 0 radical (unpaired) electrons. The van der Waals surface area contributed by atoms with Crippen LogP contribution in [0.15, 0.2) is 0 Å². The molecule has 0 aromatic heterocycles. The highest BCUT2D eigenvalue weighted by Crippen LogP contribution is 2.22. The fourth-order valence-electron chi connectivity index (χ4n) is 2.43. The van der Waals surface area contributed by atoms with Gasteiger partial charge in [-0.1, -0.05) is 6.92 Å². The number of piperidine rings is 1. The zero-order valence-electron chi connectivity index (χ0n) is 11.6. The molecule has 104 valence electrons. The van der Waals surface area contributed by atoms with E-state index in [1.54, 1.807) is 0 Å². The quantitative estimate of drug-likeness (QED) is 0.705. The van der Waals surface area contributed by atoms with Gasteiger partial charge in [0.1, 0.15) is 0 Å². The van der Waals surface area contributed by atoms with E-state index < -0.39 is 0 Å². The number of hydrogen-bond acceptors (Lipinski definition) is 5. The molecule has 1 saturated heterocycles. The number of methoxy groups -OCH3 is 2. The standard InChI is InChI=1S/C13H23NO4/c1-9(12(15)17-3)10(2)14-7-5-6-11(8-14)13(16)18-4/h9-11H,5-8H2,1-4H3. The highest BCUT2D eigenvalue weighted by atomic mass is 16.5. The van der Waals surface area contributed by atoms with Crippen molar-refractivity contribution in [2.24, 2.45) is 11.8 Å². The molecule has 3 atom stereocenters. The van der Waals surface area contributed by atoms with Gasteiger partial charge in [-0.3, -0.25) is 14.5 Å². The second-order valence-corrected chi connectivity index (χ2v) is 4.91. The molecule has 0 aromatic carbocycles. The van der Waals surface area contributed by atoms with E-state index in [1.807, 2.05) is 13.8 Å². The minimum atomic E-state index is -0.206. The second-order valence-electron chi connectivity index (χ2n) is 4.91. The maximum Gasteiger partial charge on any atom is 0.309 e. The van der Waals surface area contributed by atoms with E-state index in [1.165, 1.54) is 14.2 Å². The topological polar surface area (TPSA) is 55.8 Å². The maximum atomic E-state index is 11.6. The Kier molecular flexibility index (Phi) is 5.59. The van der Waals surface area contributed by atoms with Gasteiger partial charge in [0.05, 0.1) is 26.1 Å². The monoisotopic (exact) mass is 257 g/mol. The van der Waals surface area contributed by atoms with Crippen LogP contribution in [0.2, 0.25) is 0 Å². The largest absolute Gasteiger partial charge is 0.469 e. The van der Waals surface area contributed by atoms with Crippen molar-refractivity contribution in [1.29, 1.82) is 0 Å². The van der Waals surface area contributed by atoms with Gasteiger partial charge in [0, 0.05) is 12.6 Å². The van der Waals surface area contributed by atoms with Crippen LogP contribution in [0.1, 0.15) is 26.7 Å². The number of hydrogen-bond donors (Lipinski definition) is 0. The Labute approximate surface area is 108 Å². The van der Waals surface area contributed by atoms with Crippen molar-refractivity contribution < 1.29 is 19.1 Å². The summed E-state index contributed by atoms with van der Waals surface area (Å²) in [6.45, 7) is 5.44. The van der Waals surface area contributed by atoms with E-state index in [0.717, 1.165) is 19.4 Å². The first-order valence-electron chi connectivity index (χ1n) is 6.41. The van der Waals surface area contributed by atoms with E-state index in [4.69, 9.17) is 9.47 Å². The Hall–Kier alpha value is -1.10. The minimum Gasteiger partial charge on any atom is -0.469 e. The Bertz CT molecular complexity index is 291. The molecule has 1 fully saturated rings. The molecule has 5 heteroatoms. The molecule has 0 aliphatic carbocycles.